The summed E-state index contributed by atoms with van der Waals surface area (Å²) in [6.45, 7) is 0.132. The lowest BCUT2D eigenvalue weighted by Gasteiger charge is -2.17. The number of hydrogen-bond donors (Lipinski definition) is 2. The van der Waals surface area contributed by atoms with E-state index in [1.54, 1.807) is 30.5 Å². The zero-order chi connectivity index (χ0) is 17.2. The summed E-state index contributed by atoms with van der Waals surface area (Å²) in [4.78, 5) is 15.6. The number of pyridine rings is 1. The Labute approximate surface area is 140 Å². The molecule has 0 fully saturated rings. The molecule has 0 spiro atoms. The Bertz CT molecular complexity index is 863. The molecule has 1 aromatic carbocycles. The van der Waals surface area contributed by atoms with Gasteiger partial charge in [0.05, 0.1) is 12.0 Å². The molecular formula is C16H17N3O4S. The lowest BCUT2D eigenvalue weighted by molar-refractivity contribution is -0.116. The van der Waals surface area contributed by atoms with E-state index in [0.717, 1.165) is 11.1 Å². The van der Waals surface area contributed by atoms with Crippen LogP contribution in [0, 0.1) is 0 Å². The second-order valence-electron chi connectivity index (χ2n) is 5.40. The predicted molar refractivity (Wildman–Crippen MR) is 88.2 cm³/mol. The van der Waals surface area contributed by atoms with Crippen molar-refractivity contribution in [2.24, 2.45) is 0 Å². The van der Waals surface area contributed by atoms with E-state index in [1.807, 2.05) is 0 Å². The number of aromatic nitrogens is 1. The van der Waals surface area contributed by atoms with Gasteiger partial charge in [-0.25, -0.2) is 18.1 Å². The zero-order valence-electron chi connectivity index (χ0n) is 13.1. The van der Waals surface area contributed by atoms with E-state index in [9.17, 15) is 13.2 Å². The first-order chi connectivity index (χ1) is 11.5. The van der Waals surface area contributed by atoms with E-state index >= 15 is 0 Å². The van der Waals surface area contributed by atoms with Crippen molar-refractivity contribution >= 4 is 21.6 Å². The number of anilines is 1. The zero-order valence-corrected chi connectivity index (χ0v) is 13.9. The van der Waals surface area contributed by atoms with Gasteiger partial charge in [0.1, 0.15) is 0 Å². The molecule has 0 atom stereocenters. The summed E-state index contributed by atoms with van der Waals surface area (Å²) in [5.41, 5.74) is 2.22. The summed E-state index contributed by atoms with van der Waals surface area (Å²) in [6.07, 6.45) is 2.46. The van der Waals surface area contributed by atoms with Gasteiger partial charge in [-0.1, -0.05) is 6.07 Å². The first-order valence-corrected chi connectivity index (χ1v) is 8.87. The highest BCUT2D eigenvalue weighted by Gasteiger charge is 2.19. The first-order valence-electron chi connectivity index (χ1n) is 7.39. The maximum absolute atomic E-state index is 12.4. The second-order valence-corrected chi connectivity index (χ2v) is 7.17. The second kappa shape index (κ2) is 6.58. The number of methoxy groups -OCH3 is 1. The van der Waals surface area contributed by atoms with Crippen molar-refractivity contribution in [3.8, 4) is 5.88 Å². The molecule has 1 aromatic heterocycles. The van der Waals surface area contributed by atoms with Gasteiger partial charge in [-0.3, -0.25) is 4.79 Å². The lowest BCUT2D eigenvalue weighted by Crippen LogP contribution is -2.24. The molecule has 0 radical (unpaired) electrons. The third kappa shape index (κ3) is 3.55. The van der Waals surface area contributed by atoms with Crippen LogP contribution in [0.15, 0.2) is 41.4 Å². The third-order valence-electron chi connectivity index (χ3n) is 3.76. The van der Waals surface area contributed by atoms with E-state index in [1.165, 1.54) is 13.2 Å². The molecule has 0 bridgehead atoms. The Morgan fingerprint density at radius 2 is 2.08 bits per heavy atom. The Balaban J connectivity index is 1.74. The molecule has 24 heavy (non-hydrogen) atoms. The van der Waals surface area contributed by atoms with Gasteiger partial charge in [-0.15, -0.1) is 0 Å². The van der Waals surface area contributed by atoms with Crippen LogP contribution in [0.5, 0.6) is 5.88 Å². The minimum Gasteiger partial charge on any atom is -0.481 e. The minimum atomic E-state index is -3.64. The molecule has 1 amide bonds. The van der Waals surface area contributed by atoms with Crippen LogP contribution in [0.3, 0.4) is 0 Å². The molecule has 8 heteroatoms. The van der Waals surface area contributed by atoms with E-state index in [-0.39, 0.29) is 17.3 Å². The number of nitrogens with one attached hydrogen (secondary N) is 2. The number of fused-ring (bicyclic) bond motifs is 1. The molecule has 126 valence electrons. The quantitative estimate of drug-likeness (QED) is 0.853. The minimum absolute atomic E-state index is 0.0526. The number of carbonyl (C=O) groups is 1. The number of aryl methyl sites for hydroxylation is 1. The first kappa shape index (κ1) is 16.4. The number of rotatable bonds is 5. The van der Waals surface area contributed by atoms with Gasteiger partial charge >= 0.3 is 0 Å². The molecular weight excluding hydrogens is 330 g/mol. The van der Waals surface area contributed by atoms with Gasteiger partial charge in [-0.2, -0.15) is 0 Å². The van der Waals surface area contributed by atoms with Gasteiger partial charge in [0.2, 0.25) is 21.8 Å². The largest absolute Gasteiger partial charge is 0.481 e. The van der Waals surface area contributed by atoms with Crippen molar-refractivity contribution in [1.82, 2.24) is 9.71 Å². The van der Waals surface area contributed by atoms with Gasteiger partial charge in [0.15, 0.2) is 0 Å². The Kier molecular flexibility index (Phi) is 4.50. The highest BCUT2D eigenvalue weighted by atomic mass is 32.2. The topological polar surface area (TPSA) is 97.4 Å². The number of hydrogen-bond acceptors (Lipinski definition) is 5. The highest BCUT2D eigenvalue weighted by Crippen LogP contribution is 2.25. The van der Waals surface area contributed by atoms with Crippen LogP contribution >= 0.6 is 0 Å². The van der Waals surface area contributed by atoms with E-state index in [4.69, 9.17) is 4.74 Å². The SMILES string of the molecule is COc1ccc(CNS(=O)(=O)c2ccc3c(c2)CCC(=O)N3)cn1. The summed E-state index contributed by atoms with van der Waals surface area (Å²) in [7, 11) is -2.13. The number of benzene rings is 1. The van der Waals surface area contributed by atoms with E-state index in [0.29, 0.717) is 24.4 Å². The lowest BCUT2D eigenvalue weighted by atomic mass is 10.0. The fourth-order valence-electron chi connectivity index (χ4n) is 2.42. The summed E-state index contributed by atoms with van der Waals surface area (Å²) in [5.74, 6) is 0.418. The molecule has 3 rings (SSSR count). The highest BCUT2D eigenvalue weighted by molar-refractivity contribution is 7.89. The van der Waals surface area contributed by atoms with E-state index in [2.05, 4.69) is 15.0 Å². The molecule has 2 heterocycles. The number of nitrogens with zero attached hydrogens (tertiary/aromatic N) is 1. The monoisotopic (exact) mass is 347 g/mol. The fourth-order valence-corrected chi connectivity index (χ4v) is 3.49. The number of ether oxygens (including phenoxy) is 1. The van der Waals surface area contributed by atoms with Crippen molar-refractivity contribution in [3.05, 3.63) is 47.7 Å². The van der Waals surface area contributed by atoms with Crippen LogP contribution in [-0.2, 0) is 27.8 Å². The van der Waals surface area contributed by atoms with Crippen molar-refractivity contribution < 1.29 is 17.9 Å². The summed E-state index contributed by atoms with van der Waals surface area (Å²) in [5, 5.41) is 2.73. The van der Waals surface area contributed by atoms with Crippen LogP contribution in [0.1, 0.15) is 17.5 Å². The van der Waals surface area contributed by atoms with Crippen LogP contribution in [0.4, 0.5) is 5.69 Å². The maximum Gasteiger partial charge on any atom is 0.240 e. The third-order valence-corrected chi connectivity index (χ3v) is 5.15. The average Bonchev–Trinajstić information content (AvgIpc) is 2.60. The van der Waals surface area contributed by atoms with Gasteiger partial charge in [0.25, 0.3) is 0 Å². The van der Waals surface area contributed by atoms with Crippen molar-refractivity contribution in [2.45, 2.75) is 24.3 Å². The Morgan fingerprint density at radius 3 is 2.79 bits per heavy atom. The molecule has 0 saturated carbocycles. The number of carbonyl (C=O) groups excluding carboxylic acids is 1. The summed E-state index contributed by atoms with van der Waals surface area (Å²) < 4.78 is 32.4. The van der Waals surface area contributed by atoms with Crippen LogP contribution < -0.4 is 14.8 Å². The normalized spacial score (nSPS) is 14.0. The smallest absolute Gasteiger partial charge is 0.240 e. The Morgan fingerprint density at radius 1 is 1.25 bits per heavy atom. The van der Waals surface area contributed by atoms with Crippen molar-refractivity contribution in [1.29, 1.82) is 0 Å². The molecule has 2 N–H and O–H groups in total. The summed E-state index contributed by atoms with van der Waals surface area (Å²) >= 11 is 0. The van der Waals surface area contributed by atoms with Crippen LogP contribution in [0.2, 0.25) is 0 Å². The van der Waals surface area contributed by atoms with Crippen LogP contribution in [0.25, 0.3) is 0 Å². The maximum atomic E-state index is 12.4. The van der Waals surface area contributed by atoms with Crippen LogP contribution in [-0.4, -0.2) is 26.4 Å². The molecule has 2 aromatic rings. The van der Waals surface area contributed by atoms with Gasteiger partial charge in [0, 0.05) is 30.9 Å². The number of amides is 1. The van der Waals surface area contributed by atoms with Crippen molar-refractivity contribution in [3.63, 3.8) is 0 Å². The molecule has 1 aliphatic rings. The number of sulfonamides is 1. The molecule has 0 saturated heterocycles. The van der Waals surface area contributed by atoms with E-state index < -0.39 is 10.0 Å². The Hall–Kier alpha value is -2.45. The summed E-state index contributed by atoms with van der Waals surface area (Å²) in [6, 6.07) is 8.13. The molecule has 7 nitrogen and oxygen atoms in total. The average molecular weight is 347 g/mol. The molecule has 0 aliphatic carbocycles. The molecule has 0 unspecified atom stereocenters. The standard InChI is InChI=1S/C16H17N3O4S/c1-23-16-7-2-11(9-17-16)10-18-24(21,22)13-4-5-14-12(8-13)3-6-15(20)19-14/h2,4-5,7-9,18H,3,6,10H2,1H3,(H,19,20). The van der Waals surface area contributed by atoms with Gasteiger partial charge in [-0.05, 0) is 35.7 Å². The molecule has 1 aliphatic heterocycles. The fraction of sp³-hybridized carbons (Fsp3) is 0.250. The predicted octanol–water partition coefficient (Wildman–Crippen LogP) is 1.45. The van der Waals surface area contributed by atoms with Crippen molar-refractivity contribution in [2.75, 3.05) is 12.4 Å². The van der Waals surface area contributed by atoms with Gasteiger partial charge < -0.3 is 10.1 Å².